The quantitative estimate of drug-likeness (QED) is 0.651. The first-order chi connectivity index (χ1) is 16.2. The van der Waals surface area contributed by atoms with E-state index >= 15 is 0 Å². The Morgan fingerprint density at radius 1 is 1.29 bits per heavy atom. The molecular weight excluding hydrogens is 450 g/mol. The van der Waals surface area contributed by atoms with Crippen LogP contribution in [0.15, 0.2) is 29.2 Å². The summed E-state index contributed by atoms with van der Waals surface area (Å²) in [7, 11) is 1.59. The molecule has 2 unspecified atom stereocenters. The first-order valence-corrected chi connectivity index (χ1v) is 11.0. The lowest BCUT2D eigenvalue weighted by Crippen LogP contribution is -2.64. The summed E-state index contributed by atoms with van der Waals surface area (Å²) >= 11 is 0. The van der Waals surface area contributed by atoms with Crippen molar-refractivity contribution < 1.29 is 28.2 Å². The Bertz CT molecular complexity index is 1180. The number of benzene rings is 1. The van der Waals surface area contributed by atoms with Gasteiger partial charge in [-0.05, 0) is 19.4 Å². The summed E-state index contributed by atoms with van der Waals surface area (Å²) < 4.78 is 33.6. The fourth-order valence-corrected chi connectivity index (χ4v) is 4.53. The molecule has 0 radical (unpaired) electrons. The van der Waals surface area contributed by atoms with Crippen LogP contribution in [-0.4, -0.2) is 70.3 Å². The number of halogens is 2. The second-order valence-electron chi connectivity index (χ2n) is 8.50. The molecule has 34 heavy (non-hydrogen) atoms. The van der Waals surface area contributed by atoms with Gasteiger partial charge in [-0.15, -0.1) is 0 Å². The highest BCUT2D eigenvalue weighted by Gasteiger charge is 2.43. The number of aromatic nitrogens is 1. The lowest BCUT2D eigenvalue weighted by atomic mass is 10.0. The third-order valence-electron chi connectivity index (χ3n) is 6.39. The summed E-state index contributed by atoms with van der Waals surface area (Å²) in [6, 6.07) is 2.85. The van der Waals surface area contributed by atoms with E-state index in [1.165, 1.54) is 16.8 Å². The number of aromatic hydroxyl groups is 1. The predicted octanol–water partition coefficient (Wildman–Crippen LogP) is 1.28. The van der Waals surface area contributed by atoms with E-state index in [0.717, 1.165) is 19.0 Å². The number of pyridine rings is 1. The van der Waals surface area contributed by atoms with Crippen LogP contribution in [0, 0.1) is 11.6 Å². The van der Waals surface area contributed by atoms with E-state index < -0.39 is 34.6 Å². The van der Waals surface area contributed by atoms with Crippen molar-refractivity contribution in [3.63, 3.8) is 0 Å². The number of carbonyl (C=O) groups excluding carboxylic acids is 2. The van der Waals surface area contributed by atoms with Crippen molar-refractivity contribution in [2.24, 2.45) is 0 Å². The number of rotatable bonds is 6. The third kappa shape index (κ3) is 4.28. The molecule has 1 aromatic carbocycles. The first kappa shape index (κ1) is 23.8. The standard InChI is InChI=1S/C23H26F2N4O5/c1-13-5-6-27(7-8-34-2)18-12-28-11-16(20(30)21(31)19(28)23(33)29(13)18)22(32)26-10-14-3-4-15(24)9-17(14)25/h3-4,9,11,13,18,31H,5-8,10,12H2,1-2H3,(H,26,32). The van der Waals surface area contributed by atoms with Gasteiger partial charge in [0.25, 0.3) is 11.8 Å². The molecule has 2 aliphatic heterocycles. The van der Waals surface area contributed by atoms with Gasteiger partial charge >= 0.3 is 0 Å². The molecule has 0 bridgehead atoms. The summed E-state index contributed by atoms with van der Waals surface area (Å²) in [5.41, 5.74) is -1.50. The lowest BCUT2D eigenvalue weighted by Gasteiger charge is -2.50. The van der Waals surface area contributed by atoms with Crippen molar-refractivity contribution in [3.8, 4) is 5.75 Å². The van der Waals surface area contributed by atoms with Crippen LogP contribution in [0.25, 0.3) is 0 Å². The molecule has 2 aliphatic rings. The smallest absolute Gasteiger partial charge is 0.276 e. The monoisotopic (exact) mass is 476 g/mol. The molecule has 9 nitrogen and oxygen atoms in total. The van der Waals surface area contributed by atoms with Gasteiger partial charge in [0.1, 0.15) is 23.4 Å². The van der Waals surface area contributed by atoms with Crippen LogP contribution in [-0.2, 0) is 17.8 Å². The molecule has 4 rings (SSSR count). The number of hydrogen-bond acceptors (Lipinski definition) is 6. The van der Waals surface area contributed by atoms with Crippen LogP contribution in [0.1, 0.15) is 39.8 Å². The van der Waals surface area contributed by atoms with Gasteiger partial charge in [-0.1, -0.05) is 6.07 Å². The zero-order valence-corrected chi connectivity index (χ0v) is 18.9. The second-order valence-corrected chi connectivity index (χ2v) is 8.50. The van der Waals surface area contributed by atoms with Gasteiger partial charge in [-0.3, -0.25) is 19.3 Å². The minimum absolute atomic E-state index is 0.0350. The highest BCUT2D eigenvalue weighted by molar-refractivity contribution is 5.99. The molecule has 3 heterocycles. The van der Waals surface area contributed by atoms with Crippen LogP contribution in [0.4, 0.5) is 8.78 Å². The van der Waals surface area contributed by atoms with E-state index in [-0.39, 0.29) is 42.1 Å². The van der Waals surface area contributed by atoms with Gasteiger partial charge in [-0.2, -0.15) is 0 Å². The number of nitrogens with zero attached hydrogens (tertiary/aromatic N) is 3. The second kappa shape index (κ2) is 9.51. The van der Waals surface area contributed by atoms with Gasteiger partial charge in [0, 0.05) is 50.6 Å². The molecule has 1 aromatic heterocycles. The van der Waals surface area contributed by atoms with E-state index in [0.29, 0.717) is 19.2 Å². The summed E-state index contributed by atoms with van der Waals surface area (Å²) in [6.07, 6.45) is 1.65. The molecule has 2 aromatic rings. The summed E-state index contributed by atoms with van der Waals surface area (Å²) in [5, 5.41) is 13.0. The highest BCUT2D eigenvalue weighted by atomic mass is 19.1. The van der Waals surface area contributed by atoms with E-state index in [9.17, 15) is 28.3 Å². The number of hydrogen-bond donors (Lipinski definition) is 2. The van der Waals surface area contributed by atoms with E-state index in [4.69, 9.17) is 4.74 Å². The Labute approximate surface area is 194 Å². The normalized spacial score (nSPS) is 20.1. The molecule has 0 saturated carbocycles. The molecular formula is C23H26F2N4O5. The number of nitrogens with one attached hydrogen (secondary N) is 1. The molecule has 2 atom stereocenters. The molecule has 0 spiro atoms. The molecule has 11 heteroatoms. The predicted molar refractivity (Wildman–Crippen MR) is 117 cm³/mol. The molecule has 2 amide bonds. The minimum atomic E-state index is -0.990. The molecule has 182 valence electrons. The van der Waals surface area contributed by atoms with Gasteiger partial charge in [0.2, 0.25) is 5.43 Å². The van der Waals surface area contributed by atoms with Crippen LogP contribution >= 0.6 is 0 Å². The van der Waals surface area contributed by atoms with E-state index in [1.54, 1.807) is 12.0 Å². The molecule has 1 saturated heterocycles. The van der Waals surface area contributed by atoms with Gasteiger partial charge in [0.05, 0.1) is 13.2 Å². The Balaban J connectivity index is 1.63. The molecule has 1 fully saturated rings. The Morgan fingerprint density at radius 3 is 2.76 bits per heavy atom. The van der Waals surface area contributed by atoms with Crippen molar-refractivity contribution in [2.45, 2.75) is 38.6 Å². The van der Waals surface area contributed by atoms with Gasteiger partial charge in [0.15, 0.2) is 11.4 Å². The van der Waals surface area contributed by atoms with Crippen molar-refractivity contribution in [1.82, 2.24) is 19.7 Å². The fraction of sp³-hybridized carbons (Fsp3) is 0.435. The number of ether oxygens (including phenoxy) is 1. The van der Waals surface area contributed by atoms with Gasteiger partial charge < -0.3 is 24.6 Å². The average Bonchev–Trinajstić information content (AvgIpc) is 2.80. The van der Waals surface area contributed by atoms with Crippen LogP contribution in [0.3, 0.4) is 0 Å². The van der Waals surface area contributed by atoms with E-state index in [1.807, 2.05) is 6.92 Å². The summed E-state index contributed by atoms with van der Waals surface area (Å²) in [4.78, 5) is 42.5. The Kier molecular flexibility index (Phi) is 6.67. The zero-order chi connectivity index (χ0) is 24.6. The van der Waals surface area contributed by atoms with Crippen molar-refractivity contribution in [2.75, 3.05) is 26.8 Å². The molecule has 2 N–H and O–H groups in total. The fourth-order valence-electron chi connectivity index (χ4n) is 4.53. The largest absolute Gasteiger partial charge is 0.503 e. The van der Waals surface area contributed by atoms with Crippen molar-refractivity contribution >= 4 is 11.8 Å². The minimum Gasteiger partial charge on any atom is -0.503 e. The topological polar surface area (TPSA) is 104 Å². The highest BCUT2D eigenvalue weighted by Crippen LogP contribution is 2.30. The maximum Gasteiger partial charge on any atom is 0.276 e. The SMILES string of the molecule is COCCN1CCC(C)N2C(=O)c3c(O)c(=O)c(C(=O)NCc4ccc(F)cc4F)cn3CC12. The first-order valence-electron chi connectivity index (χ1n) is 11.0. The van der Waals surface area contributed by atoms with E-state index in [2.05, 4.69) is 10.2 Å². The Morgan fingerprint density at radius 2 is 2.06 bits per heavy atom. The summed E-state index contributed by atoms with van der Waals surface area (Å²) in [5.74, 6) is -3.71. The number of fused-ring (bicyclic) bond motifs is 2. The average molecular weight is 476 g/mol. The zero-order valence-electron chi connectivity index (χ0n) is 18.9. The van der Waals surface area contributed by atoms with Crippen LogP contribution in [0.2, 0.25) is 0 Å². The van der Waals surface area contributed by atoms with Crippen molar-refractivity contribution in [3.05, 3.63) is 63.1 Å². The van der Waals surface area contributed by atoms with Crippen LogP contribution < -0.4 is 10.7 Å². The number of carbonyl (C=O) groups is 2. The van der Waals surface area contributed by atoms with Crippen LogP contribution in [0.5, 0.6) is 5.75 Å². The number of amides is 2. The lowest BCUT2D eigenvalue weighted by molar-refractivity contribution is -0.0396. The number of methoxy groups -OCH3 is 1. The maximum atomic E-state index is 13.9. The maximum absolute atomic E-state index is 13.9. The molecule has 0 aliphatic carbocycles. The third-order valence-corrected chi connectivity index (χ3v) is 6.39. The Hall–Kier alpha value is -3.31. The van der Waals surface area contributed by atoms with Crippen molar-refractivity contribution in [1.29, 1.82) is 0 Å². The summed E-state index contributed by atoms with van der Waals surface area (Å²) in [6.45, 7) is 3.69. The van der Waals surface area contributed by atoms with Gasteiger partial charge in [-0.25, -0.2) is 8.78 Å².